The summed E-state index contributed by atoms with van der Waals surface area (Å²) in [5.41, 5.74) is 4.56. The lowest BCUT2D eigenvalue weighted by Crippen LogP contribution is -2.51. The van der Waals surface area contributed by atoms with E-state index in [-0.39, 0.29) is 18.2 Å². The molecule has 218 valence electrons. The number of sulfonamides is 1. The zero-order valence-electron chi connectivity index (χ0n) is 24.7. The topological polar surface area (TPSA) is 111 Å². The minimum Gasteiger partial charge on any atom is -0.383 e. The molecule has 0 amide bonds. The Hall–Kier alpha value is -3.43. The summed E-state index contributed by atoms with van der Waals surface area (Å²) in [6.07, 6.45) is 15.0. The first-order valence-corrected chi connectivity index (χ1v) is 16.1. The molecular formula is C32H42N6O2S. The van der Waals surface area contributed by atoms with Crippen LogP contribution in [-0.4, -0.2) is 66.6 Å². The number of hydrogen-bond acceptors (Lipinski definition) is 7. The van der Waals surface area contributed by atoms with Crippen LogP contribution in [0.1, 0.15) is 75.6 Å². The summed E-state index contributed by atoms with van der Waals surface area (Å²) >= 11 is 0. The first-order chi connectivity index (χ1) is 19.6. The van der Waals surface area contributed by atoms with Crippen LogP contribution in [0.2, 0.25) is 0 Å². The molecule has 2 heterocycles. The highest BCUT2D eigenvalue weighted by atomic mass is 32.2. The van der Waals surface area contributed by atoms with E-state index in [4.69, 9.17) is 9.97 Å². The van der Waals surface area contributed by atoms with Gasteiger partial charge < -0.3 is 10.3 Å². The van der Waals surface area contributed by atoms with Crippen molar-refractivity contribution in [3.8, 4) is 11.4 Å². The first-order valence-electron chi connectivity index (χ1n) is 14.4. The Labute approximate surface area is 245 Å². The number of nitrogens with zero attached hydrogens (tertiary/aromatic N) is 4. The van der Waals surface area contributed by atoms with Crippen LogP contribution in [0, 0.1) is 5.41 Å². The lowest BCUT2D eigenvalue weighted by Gasteiger charge is -2.38. The first kappa shape index (κ1) is 30.5. The summed E-state index contributed by atoms with van der Waals surface area (Å²) in [6, 6.07) is 8.07. The number of aliphatic imine (C=N–C) groups is 1. The van der Waals surface area contributed by atoms with E-state index in [1.807, 2.05) is 61.8 Å². The molecule has 9 heteroatoms. The Morgan fingerprint density at radius 3 is 2.61 bits per heavy atom. The molecule has 1 aliphatic carbocycles. The molecule has 1 unspecified atom stereocenters. The van der Waals surface area contributed by atoms with Gasteiger partial charge >= 0.3 is 0 Å². The van der Waals surface area contributed by atoms with Crippen LogP contribution in [-0.2, 0) is 10.0 Å². The van der Waals surface area contributed by atoms with E-state index in [2.05, 4.69) is 29.3 Å². The lowest BCUT2D eigenvalue weighted by molar-refractivity contribution is 0.277. The lowest BCUT2D eigenvalue weighted by atomic mass is 9.78. The van der Waals surface area contributed by atoms with Gasteiger partial charge in [0.25, 0.3) is 0 Å². The highest BCUT2D eigenvalue weighted by Crippen LogP contribution is 2.34. The van der Waals surface area contributed by atoms with Gasteiger partial charge in [-0.1, -0.05) is 63.1 Å². The molecule has 0 spiro atoms. The fourth-order valence-electron chi connectivity index (χ4n) is 5.54. The van der Waals surface area contributed by atoms with Gasteiger partial charge in [-0.15, -0.1) is 0 Å². The van der Waals surface area contributed by atoms with Crippen molar-refractivity contribution >= 4 is 33.1 Å². The molecule has 41 heavy (non-hydrogen) atoms. The Morgan fingerprint density at radius 1 is 1.22 bits per heavy atom. The molecule has 1 aliphatic heterocycles. The molecule has 0 bridgehead atoms. The molecule has 2 aliphatic rings. The highest BCUT2D eigenvalue weighted by molar-refractivity contribution is 7.89. The smallest absolute Gasteiger partial charge is 0.211 e. The Bertz CT molecular complexity index is 1480. The van der Waals surface area contributed by atoms with Crippen molar-refractivity contribution in [2.45, 2.75) is 70.4 Å². The van der Waals surface area contributed by atoms with Crippen molar-refractivity contribution in [2.75, 3.05) is 19.8 Å². The summed E-state index contributed by atoms with van der Waals surface area (Å²) in [5.74, 6) is 0.524. The third kappa shape index (κ3) is 7.45. The maximum absolute atomic E-state index is 12.7. The predicted octanol–water partition coefficient (Wildman–Crippen LogP) is 5.88. The van der Waals surface area contributed by atoms with Crippen LogP contribution in [0.3, 0.4) is 0 Å². The summed E-state index contributed by atoms with van der Waals surface area (Å²) in [6.45, 7) is 7.71. The van der Waals surface area contributed by atoms with Crippen LogP contribution in [0.5, 0.6) is 0 Å². The minimum atomic E-state index is -3.45. The van der Waals surface area contributed by atoms with Crippen molar-refractivity contribution in [1.29, 1.82) is 5.41 Å². The van der Waals surface area contributed by atoms with Crippen molar-refractivity contribution in [3.63, 3.8) is 0 Å². The Balaban J connectivity index is 1.78. The number of allylic oxidation sites excluding steroid dienone is 3. The number of hydrogen-bond donors (Lipinski definition) is 2. The van der Waals surface area contributed by atoms with Gasteiger partial charge in [0.05, 0.1) is 23.2 Å². The van der Waals surface area contributed by atoms with Gasteiger partial charge in [0.2, 0.25) is 10.0 Å². The maximum Gasteiger partial charge on any atom is 0.211 e. The van der Waals surface area contributed by atoms with Gasteiger partial charge in [-0.25, -0.2) is 23.1 Å². The quantitative estimate of drug-likeness (QED) is 0.243. The zero-order chi connectivity index (χ0) is 29.6. The Kier molecular flexibility index (Phi) is 9.71. The molecule has 4 rings (SSSR count). The average Bonchev–Trinajstić information content (AvgIpc) is 3.45. The molecule has 1 saturated carbocycles. The van der Waals surface area contributed by atoms with Crippen LogP contribution in [0.15, 0.2) is 60.4 Å². The van der Waals surface area contributed by atoms with E-state index in [0.29, 0.717) is 30.1 Å². The van der Waals surface area contributed by atoms with E-state index < -0.39 is 15.6 Å². The molecule has 0 radical (unpaired) electrons. The van der Waals surface area contributed by atoms with Crippen LogP contribution in [0.25, 0.3) is 22.5 Å². The second-order valence-electron chi connectivity index (χ2n) is 11.2. The van der Waals surface area contributed by atoms with Gasteiger partial charge in [-0.2, -0.15) is 0 Å². The highest BCUT2D eigenvalue weighted by Gasteiger charge is 2.37. The molecule has 0 saturated heterocycles. The van der Waals surface area contributed by atoms with Crippen molar-refractivity contribution in [2.24, 2.45) is 4.99 Å². The minimum absolute atomic E-state index is 0.0120. The molecule has 1 fully saturated rings. The van der Waals surface area contributed by atoms with Gasteiger partial charge in [0.15, 0.2) is 5.82 Å². The second-order valence-corrected chi connectivity index (χ2v) is 13.2. The zero-order valence-corrected chi connectivity index (χ0v) is 25.5. The van der Waals surface area contributed by atoms with Gasteiger partial charge in [0.1, 0.15) is 0 Å². The normalized spacial score (nSPS) is 18.7. The third-order valence-electron chi connectivity index (χ3n) is 7.73. The fourth-order valence-corrected chi connectivity index (χ4v) is 6.62. The SMILES string of the molecule is C=C/C(=C\N(C)C)c1cccc(-c2ncc(C3=CC(CC)N=C3)c(C(=N)CC3(NS(=O)(=O)CC)CCCCC3)n2)c1. The van der Waals surface area contributed by atoms with Gasteiger partial charge in [-0.3, -0.25) is 4.99 Å². The Morgan fingerprint density at radius 2 is 1.98 bits per heavy atom. The van der Waals surface area contributed by atoms with Crippen molar-refractivity contribution in [1.82, 2.24) is 19.6 Å². The number of benzene rings is 1. The van der Waals surface area contributed by atoms with Crippen LogP contribution in [0.4, 0.5) is 0 Å². The summed E-state index contributed by atoms with van der Waals surface area (Å²) in [4.78, 5) is 16.3. The van der Waals surface area contributed by atoms with Gasteiger partial charge in [-0.05, 0) is 43.4 Å². The molecule has 1 aromatic carbocycles. The molecule has 2 N–H and O–H groups in total. The van der Waals surface area contributed by atoms with E-state index in [1.165, 1.54) is 0 Å². The molecule has 8 nitrogen and oxygen atoms in total. The van der Waals surface area contributed by atoms with E-state index in [9.17, 15) is 13.8 Å². The summed E-state index contributed by atoms with van der Waals surface area (Å²) in [7, 11) is 0.492. The van der Waals surface area contributed by atoms with E-state index in [1.54, 1.807) is 13.1 Å². The fraction of sp³-hybridized carbons (Fsp3) is 0.438. The standard InChI is InChI=1S/C32H42N6O2S/c1-6-23(22-38(4)5)24-13-12-14-25(17-24)31-35-21-28(26-18-27(7-2)34-20-26)30(36-31)29(33)19-32(15-10-9-11-16-32)37-41(39,40)8-3/h6,12-14,17-18,20-22,27,33,37H,1,7-11,15-16,19H2,2-5H3/b23-22+,33-29?. The summed E-state index contributed by atoms with van der Waals surface area (Å²) < 4.78 is 28.4. The maximum atomic E-state index is 12.7. The molecule has 1 atom stereocenters. The van der Waals surface area contributed by atoms with Crippen molar-refractivity contribution < 1.29 is 8.42 Å². The molecule has 1 aromatic heterocycles. The summed E-state index contributed by atoms with van der Waals surface area (Å²) in [5, 5.41) is 9.31. The van der Waals surface area contributed by atoms with Crippen LogP contribution >= 0.6 is 0 Å². The van der Waals surface area contributed by atoms with Gasteiger partial charge in [0, 0.05) is 61.4 Å². The largest absolute Gasteiger partial charge is 0.383 e. The van der Waals surface area contributed by atoms with E-state index in [0.717, 1.165) is 53.5 Å². The number of nitrogens with one attached hydrogen (secondary N) is 2. The van der Waals surface area contributed by atoms with Crippen molar-refractivity contribution in [3.05, 3.63) is 72.2 Å². The molecular weight excluding hydrogens is 532 g/mol. The average molecular weight is 575 g/mol. The third-order valence-corrected chi connectivity index (χ3v) is 9.23. The predicted molar refractivity (Wildman–Crippen MR) is 170 cm³/mol. The van der Waals surface area contributed by atoms with E-state index >= 15 is 0 Å². The monoisotopic (exact) mass is 574 g/mol. The number of aromatic nitrogens is 2. The molecule has 2 aromatic rings. The van der Waals surface area contributed by atoms with Crippen LogP contribution < -0.4 is 4.72 Å². The second kappa shape index (κ2) is 13.0. The number of rotatable bonds is 12.